The van der Waals surface area contributed by atoms with Gasteiger partial charge >= 0.3 is 6.18 Å². The van der Waals surface area contributed by atoms with Gasteiger partial charge in [-0.05, 0) is 6.92 Å². The molecule has 0 fully saturated rings. The van der Waals surface area contributed by atoms with E-state index in [1.165, 1.54) is 24.2 Å². The van der Waals surface area contributed by atoms with Crippen molar-refractivity contribution < 1.29 is 17.7 Å². The summed E-state index contributed by atoms with van der Waals surface area (Å²) in [7, 11) is 0. The summed E-state index contributed by atoms with van der Waals surface area (Å²) in [5, 5.41) is 4.04. The van der Waals surface area contributed by atoms with E-state index in [0.717, 1.165) is 21.4 Å². The first-order valence-corrected chi connectivity index (χ1v) is 8.73. The highest BCUT2D eigenvalue weighted by Crippen LogP contribution is 2.24. The zero-order valence-corrected chi connectivity index (χ0v) is 14.3. The van der Waals surface area contributed by atoms with Gasteiger partial charge in [0.15, 0.2) is 0 Å². The average Bonchev–Trinajstić information content (AvgIpc) is 3.17. The van der Waals surface area contributed by atoms with Crippen molar-refractivity contribution in [2.75, 3.05) is 0 Å². The van der Waals surface area contributed by atoms with Crippen molar-refractivity contribution in [3.8, 4) is 11.3 Å². The Balaban J connectivity index is 1.57. The van der Waals surface area contributed by atoms with Crippen LogP contribution in [0.4, 0.5) is 13.2 Å². The van der Waals surface area contributed by atoms with E-state index in [9.17, 15) is 13.2 Å². The second-order valence-electron chi connectivity index (χ2n) is 5.62. The third kappa shape index (κ3) is 4.88. The third-order valence-corrected chi connectivity index (χ3v) is 4.48. The van der Waals surface area contributed by atoms with Gasteiger partial charge in [-0.1, -0.05) is 35.0 Å². The van der Waals surface area contributed by atoms with Crippen molar-refractivity contribution in [2.24, 2.45) is 0 Å². The van der Waals surface area contributed by atoms with Crippen molar-refractivity contribution in [3.63, 3.8) is 0 Å². The zero-order valence-electron chi connectivity index (χ0n) is 13.5. The van der Waals surface area contributed by atoms with Gasteiger partial charge in [0.1, 0.15) is 23.8 Å². The number of alkyl halides is 3. The fourth-order valence-electron chi connectivity index (χ4n) is 2.30. The summed E-state index contributed by atoms with van der Waals surface area (Å²) in [6.07, 6.45) is -1.53. The van der Waals surface area contributed by atoms with Crippen molar-refractivity contribution in [3.05, 3.63) is 59.9 Å². The van der Waals surface area contributed by atoms with Crippen LogP contribution < -0.4 is 0 Å². The molecule has 4 nitrogen and oxygen atoms in total. The van der Waals surface area contributed by atoms with Crippen LogP contribution >= 0.6 is 11.8 Å². The number of halogens is 3. The molecule has 0 aliphatic carbocycles. The molecule has 132 valence electrons. The lowest BCUT2D eigenvalue weighted by molar-refractivity contribution is -0.140. The summed E-state index contributed by atoms with van der Waals surface area (Å²) in [6, 6.07) is 9.79. The molecule has 0 atom stereocenters. The molecule has 0 amide bonds. The Hall–Kier alpha value is -2.22. The molecule has 3 rings (SSSR count). The smallest absolute Gasteiger partial charge is 0.360 e. The summed E-state index contributed by atoms with van der Waals surface area (Å²) < 4.78 is 43.9. The minimum Gasteiger partial charge on any atom is -0.360 e. The Morgan fingerprint density at radius 1 is 1.16 bits per heavy atom. The van der Waals surface area contributed by atoms with Crippen LogP contribution in [0.1, 0.15) is 17.1 Å². The normalized spacial score (nSPS) is 11.8. The molecule has 8 heteroatoms. The Labute approximate surface area is 147 Å². The van der Waals surface area contributed by atoms with Crippen LogP contribution in [0.3, 0.4) is 0 Å². The van der Waals surface area contributed by atoms with Crippen LogP contribution in [0.5, 0.6) is 0 Å². The van der Waals surface area contributed by atoms with E-state index in [2.05, 4.69) is 10.1 Å². The maximum Gasteiger partial charge on any atom is 0.406 e. The number of hydrogen-bond acceptors (Lipinski definition) is 4. The SMILES string of the molecule is Cc1ccc(-c2cc(CSCc3nccn3CC(F)(F)F)on2)cc1. The molecule has 0 spiro atoms. The number of nitrogens with zero attached hydrogens (tertiary/aromatic N) is 3. The monoisotopic (exact) mass is 367 g/mol. The quantitative estimate of drug-likeness (QED) is 0.625. The van der Waals surface area contributed by atoms with Gasteiger partial charge in [0.25, 0.3) is 0 Å². The van der Waals surface area contributed by atoms with Gasteiger partial charge in [-0.25, -0.2) is 4.98 Å². The Bertz CT molecular complexity index is 824. The van der Waals surface area contributed by atoms with E-state index in [4.69, 9.17) is 4.52 Å². The van der Waals surface area contributed by atoms with Crippen molar-refractivity contribution in [2.45, 2.75) is 31.2 Å². The van der Waals surface area contributed by atoms with Gasteiger partial charge in [0, 0.05) is 24.0 Å². The van der Waals surface area contributed by atoms with Gasteiger partial charge in [-0.2, -0.15) is 13.2 Å². The van der Waals surface area contributed by atoms with E-state index in [1.54, 1.807) is 0 Å². The fraction of sp³-hybridized carbons (Fsp3) is 0.294. The molecule has 1 aromatic carbocycles. The van der Waals surface area contributed by atoms with E-state index < -0.39 is 12.7 Å². The lowest BCUT2D eigenvalue weighted by Gasteiger charge is -2.10. The first kappa shape index (κ1) is 17.6. The van der Waals surface area contributed by atoms with E-state index in [1.807, 2.05) is 37.3 Å². The Morgan fingerprint density at radius 2 is 1.92 bits per heavy atom. The Morgan fingerprint density at radius 3 is 2.64 bits per heavy atom. The van der Waals surface area contributed by atoms with Crippen LogP contribution in [0, 0.1) is 6.92 Å². The van der Waals surface area contributed by atoms with Crippen LogP contribution in [0.25, 0.3) is 11.3 Å². The standard InChI is InChI=1S/C17H16F3N3OS/c1-12-2-4-13(5-3-12)15-8-14(24-22-15)9-25-10-16-21-6-7-23(16)11-17(18,19)20/h2-8H,9-11H2,1H3. The summed E-state index contributed by atoms with van der Waals surface area (Å²) in [5.74, 6) is 1.94. The summed E-state index contributed by atoms with van der Waals surface area (Å²) in [5.41, 5.74) is 2.87. The van der Waals surface area contributed by atoms with Crippen LogP contribution in [-0.4, -0.2) is 20.9 Å². The summed E-state index contributed by atoms with van der Waals surface area (Å²) >= 11 is 1.43. The molecule has 2 heterocycles. The number of rotatable bonds is 6. The van der Waals surface area contributed by atoms with Gasteiger partial charge < -0.3 is 9.09 Å². The Kier molecular flexibility index (Phi) is 5.17. The average molecular weight is 367 g/mol. The van der Waals surface area contributed by atoms with Gasteiger partial charge in [0.05, 0.1) is 11.5 Å². The highest BCUT2D eigenvalue weighted by Gasteiger charge is 2.28. The molecule has 0 aliphatic rings. The largest absolute Gasteiger partial charge is 0.406 e. The molecule has 0 N–H and O–H groups in total. The number of aromatic nitrogens is 3. The highest BCUT2D eigenvalue weighted by atomic mass is 32.2. The minimum atomic E-state index is -4.26. The van der Waals surface area contributed by atoms with Crippen molar-refractivity contribution in [1.29, 1.82) is 0 Å². The number of hydrogen-bond donors (Lipinski definition) is 0. The third-order valence-electron chi connectivity index (χ3n) is 3.53. The molecule has 0 aliphatic heterocycles. The van der Waals surface area contributed by atoms with E-state index >= 15 is 0 Å². The summed E-state index contributed by atoms with van der Waals surface area (Å²) in [4.78, 5) is 3.99. The van der Waals surface area contributed by atoms with Crippen LogP contribution in [0.15, 0.2) is 47.2 Å². The maximum absolute atomic E-state index is 12.5. The molecule has 3 aromatic rings. The van der Waals surface area contributed by atoms with E-state index in [0.29, 0.717) is 23.1 Å². The molecule has 0 radical (unpaired) electrons. The lowest BCUT2D eigenvalue weighted by atomic mass is 10.1. The van der Waals surface area contributed by atoms with E-state index in [-0.39, 0.29) is 0 Å². The number of thioether (sulfide) groups is 1. The molecule has 0 saturated carbocycles. The predicted octanol–water partition coefficient (Wildman–Crippen LogP) is 4.84. The first-order chi connectivity index (χ1) is 11.9. The number of aryl methyl sites for hydroxylation is 1. The maximum atomic E-state index is 12.5. The lowest BCUT2D eigenvalue weighted by Crippen LogP contribution is -2.18. The molecular formula is C17H16F3N3OS. The molecule has 0 unspecified atom stereocenters. The zero-order chi connectivity index (χ0) is 17.9. The molecule has 25 heavy (non-hydrogen) atoms. The second-order valence-corrected chi connectivity index (χ2v) is 6.61. The number of benzene rings is 1. The van der Waals surface area contributed by atoms with Gasteiger partial charge in [-0.3, -0.25) is 0 Å². The topological polar surface area (TPSA) is 43.9 Å². The highest BCUT2D eigenvalue weighted by molar-refractivity contribution is 7.97. The minimum absolute atomic E-state index is 0.365. The first-order valence-electron chi connectivity index (χ1n) is 7.58. The second kappa shape index (κ2) is 7.35. The van der Waals surface area contributed by atoms with Crippen LogP contribution in [-0.2, 0) is 18.1 Å². The fourth-order valence-corrected chi connectivity index (χ4v) is 3.16. The molecule has 2 aromatic heterocycles. The van der Waals surface area contributed by atoms with Crippen molar-refractivity contribution in [1.82, 2.24) is 14.7 Å². The molecular weight excluding hydrogens is 351 g/mol. The number of imidazole rings is 1. The summed E-state index contributed by atoms with van der Waals surface area (Å²) in [6.45, 7) is 0.986. The van der Waals surface area contributed by atoms with Crippen molar-refractivity contribution >= 4 is 11.8 Å². The van der Waals surface area contributed by atoms with Crippen LogP contribution in [0.2, 0.25) is 0 Å². The van der Waals surface area contributed by atoms with Gasteiger partial charge in [-0.15, -0.1) is 11.8 Å². The van der Waals surface area contributed by atoms with Gasteiger partial charge in [0.2, 0.25) is 0 Å². The molecule has 0 bridgehead atoms. The molecule has 0 saturated heterocycles. The predicted molar refractivity (Wildman–Crippen MR) is 90.0 cm³/mol.